The van der Waals surface area contributed by atoms with E-state index in [1.54, 1.807) is 21.1 Å². The zero-order valence-corrected chi connectivity index (χ0v) is 18.8. The molecular formula is C19H29N5O4S. The lowest BCUT2D eigenvalue weighted by Crippen LogP contribution is -2.38. The summed E-state index contributed by atoms with van der Waals surface area (Å²) in [4.78, 5) is 46.7. The molecule has 0 aliphatic rings. The molecular weight excluding hydrogens is 394 g/mol. The Kier molecular flexibility index (Phi) is 7.23. The van der Waals surface area contributed by atoms with Gasteiger partial charge >= 0.3 is 5.69 Å². The van der Waals surface area contributed by atoms with E-state index in [0.717, 1.165) is 4.57 Å². The highest BCUT2D eigenvalue weighted by Crippen LogP contribution is 2.29. The standard InChI is InChI=1S/C19H29N5O4S/c1-11(14(25)20-9-8-10-28-7)29-15-12-13(21-17(22-15)19(2,3)4)23(5)18(27)24(6)16(12)26/h11H,8-10H2,1-7H3,(H,20,25). The molecule has 0 aliphatic carbocycles. The molecule has 1 unspecified atom stereocenters. The molecule has 0 bridgehead atoms. The molecule has 0 radical (unpaired) electrons. The van der Waals surface area contributed by atoms with Crippen molar-refractivity contribution in [1.29, 1.82) is 0 Å². The maximum absolute atomic E-state index is 12.8. The van der Waals surface area contributed by atoms with Gasteiger partial charge in [0.05, 0.1) is 5.25 Å². The number of fused-ring (bicyclic) bond motifs is 1. The maximum atomic E-state index is 12.8. The lowest BCUT2D eigenvalue weighted by Gasteiger charge is -2.20. The van der Waals surface area contributed by atoms with Crippen molar-refractivity contribution >= 4 is 28.7 Å². The topological polar surface area (TPSA) is 108 Å². The number of aromatic nitrogens is 4. The van der Waals surface area contributed by atoms with E-state index in [2.05, 4.69) is 15.3 Å². The highest BCUT2D eigenvalue weighted by molar-refractivity contribution is 8.00. The number of nitrogens with zero attached hydrogens (tertiary/aromatic N) is 4. The van der Waals surface area contributed by atoms with E-state index in [4.69, 9.17) is 4.74 Å². The number of aryl methyl sites for hydroxylation is 1. The van der Waals surface area contributed by atoms with Crippen LogP contribution in [0.4, 0.5) is 0 Å². The third-order valence-corrected chi connectivity index (χ3v) is 5.51. The first-order valence-electron chi connectivity index (χ1n) is 9.40. The zero-order valence-electron chi connectivity index (χ0n) is 18.0. The molecule has 0 aromatic carbocycles. The first-order chi connectivity index (χ1) is 13.5. The Morgan fingerprint density at radius 1 is 1.21 bits per heavy atom. The number of nitrogens with one attached hydrogen (secondary N) is 1. The van der Waals surface area contributed by atoms with Crippen LogP contribution in [0, 0.1) is 0 Å². The quantitative estimate of drug-likeness (QED) is 0.401. The van der Waals surface area contributed by atoms with Crippen LogP contribution in [0.25, 0.3) is 11.0 Å². The number of carbonyl (C=O) groups excluding carboxylic acids is 1. The number of amides is 1. The van der Waals surface area contributed by atoms with Crippen molar-refractivity contribution in [3.05, 3.63) is 26.7 Å². The average molecular weight is 424 g/mol. The molecule has 0 aliphatic heterocycles. The summed E-state index contributed by atoms with van der Waals surface area (Å²) in [5, 5.41) is 3.02. The zero-order chi connectivity index (χ0) is 21.9. The molecule has 0 fully saturated rings. The fourth-order valence-corrected chi connectivity index (χ4v) is 3.60. The van der Waals surface area contributed by atoms with E-state index in [-0.39, 0.29) is 16.9 Å². The smallest absolute Gasteiger partial charge is 0.332 e. The molecule has 9 nitrogen and oxygen atoms in total. The van der Waals surface area contributed by atoms with Gasteiger partial charge < -0.3 is 10.1 Å². The van der Waals surface area contributed by atoms with Crippen molar-refractivity contribution < 1.29 is 9.53 Å². The fourth-order valence-electron chi connectivity index (χ4n) is 2.64. The Morgan fingerprint density at radius 3 is 2.45 bits per heavy atom. The molecule has 10 heteroatoms. The number of thioether (sulfide) groups is 1. The molecule has 0 saturated carbocycles. The molecule has 160 valence electrons. The lowest BCUT2D eigenvalue weighted by molar-refractivity contribution is -0.120. The number of rotatable bonds is 7. The number of hydrogen-bond acceptors (Lipinski definition) is 7. The first-order valence-corrected chi connectivity index (χ1v) is 10.3. The second-order valence-corrected chi connectivity index (χ2v) is 9.23. The van der Waals surface area contributed by atoms with Gasteiger partial charge in [-0.15, -0.1) is 0 Å². The van der Waals surface area contributed by atoms with E-state index in [1.165, 1.54) is 23.4 Å². The Balaban J connectivity index is 2.52. The molecule has 1 atom stereocenters. The van der Waals surface area contributed by atoms with Crippen LogP contribution < -0.4 is 16.6 Å². The largest absolute Gasteiger partial charge is 0.385 e. The molecule has 0 spiro atoms. The SMILES string of the molecule is COCCCNC(=O)C(C)Sc1nc(C(C)(C)C)nc2c1c(=O)n(C)c(=O)n2C. The summed E-state index contributed by atoms with van der Waals surface area (Å²) >= 11 is 1.19. The molecule has 2 heterocycles. The van der Waals surface area contributed by atoms with Crippen molar-refractivity contribution in [3.8, 4) is 0 Å². The van der Waals surface area contributed by atoms with Crippen LogP contribution in [-0.2, 0) is 29.0 Å². The van der Waals surface area contributed by atoms with E-state index < -0.39 is 21.9 Å². The normalized spacial score (nSPS) is 12.9. The minimum absolute atomic E-state index is 0.156. The summed E-state index contributed by atoms with van der Waals surface area (Å²) in [5.41, 5.74) is -1.06. The van der Waals surface area contributed by atoms with Gasteiger partial charge in [0.15, 0.2) is 5.65 Å². The average Bonchev–Trinajstić information content (AvgIpc) is 2.66. The summed E-state index contributed by atoms with van der Waals surface area (Å²) in [6.07, 6.45) is 0.715. The van der Waals surface area contributed by atoms with Crippen LogP contribution in [0.5, 0.6) is 0 Å². The van der Waals surface area contributed by atoms with Gasteiger partial charge in [-0.05, 0) is 13.3 Å². The second-order valence-electron chi connectivity index (χ2n) is 7.90. The number of carbonyl (C=O) groups is 1. The van der Waals surface area contributed by atoms with Crippen LogP contribution in [0.15, 0.2) is 14.6 Å². The molecule has 2 aromatic heterocycles. The van der Waals surface area contributed by atoms with Gasteiger partial charge in [0.1, 0.15) is 16.2 Å². The van der Waals surface area contributed by atoms with Gasteiger partial charge in [0.25, 0.3) is 5.56 Å². The highest BCUT2D eigenvalue weighted by Gasteiger charge is 2.25. The third-order valence-electron chi connectivity index (χ3n) is 4.42. The second kappa shape index (κ2) is 9.08. The summed E-state index contributed by atoms with van der Waals surface area (Å²) in [6, 6.07) is 0. The summed E-state index contributed by atoms with van der Waals surface area (Å²) < 4.78 is 7.35. The van der Waals surface area contributed by atoms with Gasteiger partial charge in [-0.1, -0.05) is 32.5 Å². The molecule has 1 N–H and O–H groups in total. The Hall–Kier alpha value is -2.20. The maximum Gasteiger partial charge on any atom is 0.332 e. The number of ether oxygens (including phenoxy) is 1. The number of methoxy groups -OCH3 is 1. The van der Waals surface area contributed by atoms with E-state index >= 15 is 0 Å². The third kappa shape index (κ3) is 5.05. The molecule has 2 aromatic rings. The molecule has 29 heavy (non-hydrogen) atoms. The van der Waals surface area contributed by atoms with Gasteiger partial charge in [0.2, 0.25) is 5.91 Å². The Labute approximate surface area is 173 Å². The minimum atomic E-state index is -0.481. The van der Waals surface area contributed by atoms with E-state index in [0.29, 0.717) is 30.4 Å². The van der Waals surface area contributed by atoms with Crippen molar-refractivity contribution in [2.24, 2.45) is 14.1 Å². The summed E-state index contributed by atoms with van der Waals surface area (Å²) in [6.45, 7) is 8.69. The predicted molar refractivity (Wildman–Crippen MR) is 114 cm³/mol. The van der Waals surface area contributed by atoms with E-state index in [1.807, 2.05) is 20.8 Å². The first kappa shape index (κ1) is 23.1. The Bertz CT molecular complexity index is 1020. The number of hydrogen-bond donors (Lipinski definition) is 1. The van der Waals surface area contributed by atoms with Crippen LogP contribution >= 0.6 is 11.8 Å². The van der Waals surface area contributed by atoms with Crippen molar-refractivity contribution in [1.82, 2.24) is 24.4 Å². The molecule has 1 amide bonds. The van der Waals surface area contributed by atoms with Crippen LogP contribution in [0.3, 0.4) is 0 Å². The van der Waals surface area contributed by atoms with Crippen LogP contribution in [-0.4, -0.2) is 50.5 Å². The van der Waals surface area contributed by atoms with Crippen molar-refractivity contribution in [2.75, 3.05) is 20.3 Å². The molecule has 0 saturated heterocycles. The van der Waals surface area contributed by atoms with Crippen molar-refractivity contribution in [2.45, 2.75) is 49.8 Å². The fraction of sp³-hybridized carbons (Fsp3) is 0.632. The summed E-state index contributed by atoms with van der Waals surface area (Å²) in [5.74, 6) is 0.347. The monoisotopic (exact) mass is 423 g/mol. The van der Waals surface area contributed by atoms with Crippen molar-refractivity contribution in [3.63, 3.8) is 0 Å². The predicted octanol–water partition coefficient (Wildman–Crippen LogP) is 0.958. The van der Waals surface area contributed by atoms with Crippen LogP contribution in [0.1, 0.15) is 39.9 Å². The summed E-state index contributed by atoms with van der Waals surface area (Å²) in [7, 11) is 4.60. The van der Waals surface area contributed by atoms with E-state index in [9.17, 15) is 14.4 Å². The molecule has 2 rings (SSSR count). The lowest BCUT2D eigenvalue weighted by atomic mass is 9.96. The van der Waals surface area contributed by atoms with Gasteiger partial charge in [-0.25, -0.2) is 14.8 Å². The highest BCUT2D eigenvalue weighted by atomic mass is 32.2. The van der Waals surface area contributed by atoms with Gasteiger partial charge in [-0.2, -0.15) is 0 Å². The Morgan fingerprint density at radius 2 is 1.86 bits per heavy atom. The van der Waals surface area contributed by atoms with Gasteiger partial charge in [0, 0.05) is 39.8 Å². The van der Waals surface area contributed by atoms with Crippen LogP contribution in [0.2, 0.25) is 0 Å². The van der Waals surface area contributed by atoms with Gasteiger partial charge in [-0.3, -0.25) is 18.7 Å². The minimum Gasteiger partial charge on any atom is -0.385 e.